The molecular weight excluding hydrogens is 208 g/mol. The molecule has 2 heteroatoms. The number of hydrogen-bond acceptors (Lipinski definition) is 2. The lowest BCUT2D eigenvalue weighted by atomic mass is 9.89. The van der Waals surface area contributed by atoms with Crippen molar-refractivity contribution in [2.45, 2.75) is 38.0 Å². The Morgan fingerprint density at radius 1 is 1.24 bits per heavy atom. The summed E-state index contributed by atoms with van der Waals surface area (Å²) in [5.41, 5.74) is 3.13. The first kappa shape index (κ1) is 10.8. The van der Waals surface area contributed by atoms with Gasteiger partial charge in [0.05, 0.1) is 12.4 Å². The molecule has 1 aromatic carbocycles. The maximum atomic E-state index is 4.54. The quantitative estimate of drug-likeness (QED) is 0.773. The van der Waals surface area contributed by atoms with Crippen LogP contribution < -0.4 is 5.32 Å². The highest BCUT2D eigenvalue weighted by Crippen LogP contribution is 2.33. The minimum Gasteiger partial charge on any atom is -0.372 e. The van der Waals surface area contributed by atoms with Gasteiger partial charge in [0.25, 0.3) is 0 Å². The second-order valence-corrected chi connectivity index (χ2v) is 5.10. The van der Waals surface area contributed by atoms with E-state index in [1.165, 1.54) is 31.5 Å². The van der Waals surface area contributed by atoms with Crippen molar-refractivity contribution >= 4 is 5.84 Å². The molecule has 1 aromatic rings. The summed E-state index contributed by atoms with van der Waals surface area (Å²) in [6.45, 7) is 1.99. The lowest BCUT2D eigenvalue weighted by Crippen LogP contribution is -2.21. The number of hydrogen-bond donors (Lipinski definition) is 1. The molecule has 1 atom stereocenters. The van der Waals surface area contributed by atoms with Gasteiger partial charge >= 0.3 is 0 Å². The molecule has 0 bridgehead atoms. The highest BCUT2D eigenvalue weighted by molar-refractivity contribution is 5.84. The van der Waals surface area contributed by atoms with Crippen LogP contribution in [0.3, 0.4) is 0 Å². The molecule has 1 unspecified atom stereocenters. The smallest absolute Gasteiger partial charge is 0.0970 e. The summed E-state index contributed by atoms with van der Waals surface area (Å²) in [5, 5.41) is 3.41. The summed E-state index contributed by atoms with van der Waals surface area (Å²) in [6, 6.07) is 8.98. The standard InChI is InChI=1S/C15H20N2/c1-2-7-13(11-15-16-9-10-17-15)14-8-4-3-6-12(14)5-1/h3-4,6,8,13H,1-2,5,7,9-11H2,(H,16,17). The van der Waals surface area contributed by atoms with Gasteiger partial charge in [0.15, 0.2) is 0 Å². The largest absolute Gasteiger partial charge is 0.372 e. The molecule has 0 aromatic heterocycles. The van der Waals surface area contributed by atoms with Gasteiger partial charge in [-0.15, -0.1) is 0 Å². The topological polar surface area (TPSA) is 24.4 Å². The van der Waals surface area contributed by atoms with Crippen LogP contribution in [-0.4, -0.2) is 18.9 Å². The van der Waals surface area contributed by atoms with E-state index in [2.05, 4.69) is 34.6 Å². The lowest BCUT2D eigenvalue weighted by molar-refractivity contribution is 0.608. The molecule has 0 spiro atoms. The number of rotatable bonds is 2. The van der Waals surface area contributed by atoms with Crippen molar-refractivity contribution in [3.63, 3.8) is 0 Å². The summed E-state index contributed by atoms with van der Waals surface area (Å²) in [5.74, 6) is 1.91. The van der Waals surface area contributed by atoms with E-state index < -0.39 is 0 Å². The first-order chi connectivity index (χ1) is 8.43. The molecule has 0 radical (unpaired) electrons. The van der Waals surface area contributed by atoms with Gasteiger partial charge in [-0.3, -0.25) is 4.99 Å². The van der Waals surface area contributed by atoms with Crippen molar-refractivity contribution in [1.82, 2.24) is 5.32 Å². The first-order valence-electron chi connectivity index (χ1n) is 6.78. The van der Waals surface area contributed by atoms with Crippen LogP contribution in [0.1, 0.15) is 42.7 Å². The minimum atomic E-state index is 0.679. The number of fused-ring (bicyclic) bond motifs is 1. The summed E-state index contributed by atoms with van der Waals surface area (Å²) in [6.07, 6.45) is 6.38. The van der Waals surface area contributed by atoms with Gasteiger partial charge in [-0.25, -0.2) is 0 Å². The van der Waals surface area contributed by atoms with E-state index in [-0.39, 0.29) is 0 Å². The fraction of sp³-hybridized carbons (Fsp3) is 0.533. The van der Waals surface area contributed by atoms with E-state index in [4.69, 9.17) is 0 Å². The molecule has 2 aliphatic rings. The molecular formula is C15H20N2. The van der Waals surface area contributed by atoms with Crippen LogP contribution in [-0.2, 0) is 6.42 Å². The Morgan fingerprint density at radius 3 is 3.06 bits per heavy atom. The third-order valence-electron chi connectivity index (χ3n) is 3.93. The maximum Gasteiger partial charge on any atom is 0.0970 e. The molecule has 1 aliphatic heterocycles. The molecule has 0 fully saturated rings. The third kappa shape index (κ3) is 2.36. The molecule has 1 N–H and O–H groups in total. The number of amidine groups is 1. The van der Waals surface area contributed by atoms with E-state index in [9.17, 15) is 0 Å². The zero-order valence-corrected chi connectivity index (χ0v) is 10.3. The zero-order chi connectivity index (χ0) is 11.5. The van der Waals surface area contributed by atoms with Crippen LogP contribution >= 0.6 is 0 Å². The van der Waals surface area contributed by atoms with Crippen molar-refractivity contribution in [2.75, 3.05) is 13.1 Å². The SMILES string of the molecule is c1ccc2c(c1)CCCCC2CC1=NCCN1. The van der Waals surface area contributed by atoms with Crippen LogP contribution in [0.5, 0.6) is 0 Å². The molecule has 3 rings (SSSR count). The van der Waals surface area contributed by atoms with Gasteiger partial charge in [-0.1, -0.05) is 30.7 Å². The average Bonchev–Trinajstić information content (AvgIpc) is 2.78. The van der Waals surface area contributed by atoms with E-state index in [0.29, 0.717) is 5.92 Å². The lowest BCUT2D eigenvalue weighted by Gasteiger charge is -2.17. The average molecular weight is 228 g/mol. The zero-order valence-electron chi connectivity index (χ0n) is 10.3. The monoisotopic (exact) mass is 228 g/mol. The van der Waals surface area contributed by atoms with Crippen molar-refractivity contribution in [3.8, 4) is 0 Å². The molecule has 0 saturated heterocycles. The summed E-state index contributed by atoms with van der Waals surface area (Å²) < 4.78 is 0. The van der Waals surface area contributed by atoms with Crippen molar-refractivity contribution < 1.29 is 0 Å². The molecule has 90 valence electrons. The van der Waals surface area contributed by atoms with Crippen LogP contribution in [0, 0.1) is 0 Å². The Labute approximate surface area is 103 Å². The highest BCUT2D eigenvalue weighted by atomic mass is 15.1. The van der Waals surface area contributed by atoms with Crippen LogP contribution in [0.4, 0.5) is 0 Å². The predicted octanol–water partition coefficient (Wildman–Crippen LogP) is 2.89. The van der Waals surface area contributed by atoms with Crippen LogP contribution in [0.2, 0.25) is 0 Å². The fourth-order valence-corrected chi connectivity index (χ4v) is 3.05. The Bertz CT molecular complexity index is 423. The van der Waals surface area contributed by atoms with Gasteiger partial charge in [0, 0.05) is 13.0 Å². The van der Waals surface area contributed by atoms with Gasteiger partial charge < -0.3 is 5.32 Å². The first-order valence-corrected chi connectivity index (χ1v) is 6.78. The summed E-state index contributed by atoms with van der Waals surface area (Å²) in [4.78, 5) is 4.54. The Morgan fingerprint density at radius 2 is 2.18 bits per heavy atom. The van der Waals surface area contributed by atoms with E-state index in [1.807, 2.05) is 0 Å². The number of aliphatic imine (C=N–C) groups is 1. The van der Waals surface area contributed by atoms with E-state index in [1.54, 1.807) is 11.1 Å². The number of nitrogens with one attached hydrogen (secondary N) is 1. The molecule has 0 saturated carbocycles. The van der Waals surface area contributed by atoms with E-state index >= 15 is 0 Å². The van der Waals surface area contributed by atoms with Gasteiger partial charge in [-0.05, 0) is 36.3 Å². The van der Waals surface area contributed by atoms with E-state index in [0.717, 1.165) is 19.5 Å². The van der Waals surface area contributed by atoms with Crippen molar-refractivity contribution in [1.29, 1.82) is 0 Å². The second kappa shape index (κ2) is 4.91. The van der Waals surface area contributed by atoms with Crippen molar-refractivity contribution in [2.24, 2.45) is 4.99 Å². The van der Waals surface area contributed by atoms with Crippen molar-refractivity contribution in [3.05, 3.63) is 35.4 Å². The number of aryl methyl sites for hydroxylation is 1. The molecule has 1 aliphatic carbocycles. The van der Waals surface area contributed by atoms with Gasteiger partial charge in [0.2, 0.25) is 0 Å². The Kier molecular flexibility index (Phi) is 3.12. The third-order valence-corrected chi connectivity index (χ3v) is 3.93. The number of nitrogens with zero attached hydrogens (tertiary/aromatic N) is 1. The molecule has 1 heterocycles. The normalized spacial score (nSPS) is 23.5. The van der Waals surface area contributed by atoms with Gasteiger partial charge in [0.1, 0.15) is 0 Å². The van der Waals surface area contributed by atoms with Crippen LogP contribution in [0.25, 0.3) is 0 Å². The summed E-state index contributed by atoms with van der Waals surface area (Å²) >= 11 is 0. The minimum absolute atomic E-state index is 0.679. The molecule has 17 heavy (non-hydrogen) atoms. The van der Waals surface area contributed by atoms with Crippen LogP contribution in [0.15, 0.2) is 29.3 Å². The molecule has 2 nitrogen and oxygen atoms in total. The predicted molar refractivity (Wildman–Crippen MR) is 71.7 cm³/mol. The fourth-order valence-electron chi connectivity index (χ4n) is 3.05. The number of benzene rings is 1. The maximum absolute atomic E-state index is 4.54. The van der Waals surface area contributed by atoms with Gasteiger partial charge in [-0.2, -0.15) is 0 Å². The highest BCUT2D eigenvalue weighted by Gasteiger charge is 2.20. The second-order valence-electron chi connectivity index (χ2n) is 5.10. The Hall–Kier alpha value is -1.31. The molecule has 0 amide bonds. The summed E-state index contributed by atoms with van der Waals surface area (Å²) in [7, 11) is 0. The Balaban J connectivity index is 1.83.